The molecule has 16 heavy (non-hydrogen) atoms. The Bertz CT molecular complexity index is 251. The highest BCUT2D eigenvalue weighted by Gasteiger charge is 2.17. The molecule has 0 aromatic heterocycles. The molecular weight excluding hydrogens is 202 g/mol. The molecule has 4 nitrogen and oxygen atoms in total. The van der Waals surface area contributed by atoms with Crippen molar-refractivity contribution in [2.24, 2.45) is 5.73 Å². The Balaban J connectivity index is 2.18. The maximum Gasteiger partial charge on any atom is 0.231 e. The zero-order chi connectivity index (χ0) is 12.0. The first-order valence-electron chi connectivity index (χ1n) is 5.95. The van der Waals surface area contributed by atoms with Gasteiger partial charge in [-0.2, -0.15) is 0 Å². The van der Waals surface area contributed by atoms with Crippen molar-refractivity contribution in [2.45, 2.75) is 32.7 Å². The number of piperidine rings is 1. The third-order valence-corrected chi connectivity index (χ3v) is 2.91. The van der Waals surface area contributed by atoms with Gasteiger partial charge in [-0.25, -0.2) is 0 Å². The zero-order valence-corrected chi connectivity index (χ0v) is 10.3. The summed E-state index contributed by atoms with van der Waals surface area (Å²) in [6.07, 6.45) is 4.46. The molecule has 1 amide bonds. The highest BCUT2D eigenvalue weighted by atomic mass is 16.1. The lowest BCUT2D eigenvalue weighted by molar-refractivity contribution is -0.117. The number of nitrogens with two attached hydrogens (primary N) is 1. The van der Waals surface area contributed by atoms with E-state index in [-0.39, 0.29) is 5.91 Å². The fourth-order valence-electron chi connectivity index (χ4n) is 1.88. The van der Waals surface area contributed by atoms with E-state index >= 15 is 0 Å². The van der Waals surface area contributed by atoms with Crippen molar-refractivity contribution in [3.05, 3.63) is 11.6 Å². The summed E-state index contributed by atoms with van der Waals surface area (Å²) in [6, 6.07) is 0.454. The average molecular weight is 225 g/mol. The van der Waals surface area contributed by atoms with Crippen molar-refractivity contribution in [3.63, 3.8) is 0 Å². The van der Waals surface area contributed by atoms with E-state index in [1.54, 1.807) is 0 Å². The molecule has 1 saturated heterocycles. The van der Waals surface area contributed by atoms with Crippen LogP contribution in [0.25, 0.3) is 0 Å². The maximum atomic E-state index is 10.6. The van der Waals surface area contributed by atoms with Gasteiger partial charge in [-0.1, -0.05) is 11.6 Å². The Morgan fingerprint density at radius 1 is 1.44 bits per heavy atom. The van der Waals surface area contributed by atoms with Crippen molar-refractivity contribution in [3.8, 4) is 0 Å². The van der Waals surface area contributed by atoms with Crippen LogP contribution >= 0.6 is 0 Å². The lowest BCUT2D eigenvalue weighted by atomic mass is 10.0. The van der Waals surface area contributed by atoms with Crippen molar-refractivity contribution in [1.29, 1.82) is 0 Å². The van der Waals surface area contributed by atoms with Crippen molar-refractivity contribution in [2.75, 3.05) is 26.2 Å². The summed E-state index contributed by atoms with van der Waals surface area (Å²) in [4.78, 5) is 13.1. The molecule has 0 unspecified atom stereocenters. The number of amides is 1. The number of rotatable bonds is 5. The molecule has 0 aromatic carbocycles. The molecule has 0 spiro atoms. The molecule has 1 fully saturated rings. The molecule has 1 heterocycles. The van der Waals surface area contributed by atoms with Gasteiger partial charge in [-0.05, 0) is 39.8 Å². The van der Waals surface area contributed by atoms with Gasteiger partial charge in [0.2, 0.25) is 5.91 Å². The summed E-state index contributed by atoms with van der Waals surface area (Å²) in [5.41, 5.74) is 6.47. The van der Waals surface area contributed by atoms with Crippen molar-refractivity contribution in [1.82, 2.24) is 10.2 Å². The Kier molecular flexibility index (Phi) is 5.49. The molecule has 1 aliphatic heterocycles. The quantitative estimate of drug-likeness (QED) is 0.670. The van der Waals surface area contributed by atoms with Crippen molar-refractivity contribution < 1.29 is 4.79 Å². The smallest absolute Gasteiger partial charge is 0.231 e. The number of hydrogen-bond acceptors (Lipinski definition) is 3. The normalized spacial score (nSPS) is 18.4. The minimum atomic E-state index is -0.271. The topological polar surface area (TPSA) is 58.4 Å². The molecule has 0 saturated carbocycles. The largest absolute Gasteiger partial charge is 0.369 e. The lowest BCUT2D eigenvalue weighted by Crippen LogP contribution is -2.44. The predicted molar refractivity (Wildman–Crippen MR) is 66.1 cm³/mol. The highest BCUT2D eigenvalue weighted by Crippen LogP contribution is 2.10. The maximum absolute atomic E-state index is 10.6. The molecule has 92 valence electrons. The van der Waals surface area contributed by atoms with Crippen LogP contribution in [0.5, 0.6) is 0 Å². The number of nitrogens with one attached hydrogen (secondary N) is 1. The van der Waals surface area contributed by atoms with Crippen LogP contribution in [0.15, 0.2) is 11.6 Å². The van der Waals surface area contributed by atoms with E-state index in [0.717, 1.165) is 32.5 Å². The van der Waals surface area contributed by atoms with E-state index in [1.165, 1.54) is 5.57 Å². The second kappa shape index (κ2) is 6.66. The summed E-state index contributed by atoms with van der Waals surface area (Å²) >= 11 is 0. The number of carbonyl (C=O) groups is 1. The van der Waals surface area contributed by atoms with E-state index in [2.05, 4.69) is 30.1 Å². The summed E-state index contributed by atoms with van der Waals surface area (Å²) in [6.45, 7) is 7.80. The van der Waals surface area contributed by atoms with Gasteiger partial charge < -0.3 is 11.1 Å². The number of primary amides is 1. The van der Waals surface area contributed by atoms with Gasteiger partial charge in [0.25, 0.3) is 0 Å². The van der Waals surface area contributed by atoms with Crippen LogP contribution in [-0.4, -0.2) is 43.0 Å². The van der Waals surface area contributed by atoms with Crippen LogP contribution in [-0.2, 0) is 4.79 Å². The summed E-state index contributed by atoms with van der Waals surface area (Å²) in [5, 5.41) is 3.19. The molecule has 0 aromatic rings. The van der Waals surface area contributed by atoms with Crippen LogP contribution < -0.4 is 11.1 Å². The first-order chi connectivity index (χ1) is 7.58. The van der Waals surface area contributed by atoms with Crippen LogP contribution in [0.1, 0.15) is 26.7 Å². The third-order valence-electron chi connectivity index (χ3n) is 2.91. The summed E-state index contributed by atoms with van der Waals surface area (Å²) in [7, 11) is 0. The third kappa shape index (κ3) is 5.28. The van der Waals surface area contributed by atoms with Gasteiger partial charge in [0.1, 0.15) is 0 Å². The number of allylic oxidation sites excluding steroid dienone is 1. The Morgan fingerprint density at radius 2 is 2.06 bits per heavy atom. The van der Waals surface area contributed by atoms with E-state index in [4.69, 9.17) is 5.73 Å². The van der Waals surface area contributed by atoms with Crippen LogP contribution in [0.2, 0.25) is 0 Å². The van der Waals surface area contributed by atoms with Gasteiger partial charge in [-0.15, -0.1) is 0 Å². The van der Waals surface area contributed by atoms with E-state index < -0.39 is 0 Å². The molecule has 4 heteroatoms. The molecule has 0 atom stereocenters. The Morgan fingerprint density at radius 3 is 2.56 bits per heavy atom. The number of carbonyl (C=O) groups excluding carboxylic acids is 1. The van der Waals surface area contributed by atoms with Gasteiger partial charge in [0.05, 0.1) is 6.54 Å². The van der Waals surface area contributed by atoms with E-state index in [1.807, 2.05) is 0 Å². The van der Waals surface area contributed by atoms with Gasteiger partial charge in [0, 0.05) is 12.6 Å². The van der Waals surface area contributed by atoms with Gasteiger partial charge in [-0.3, -0.25) is 9.69 Å². The fraction of sp³-hybridized carbons (Fsp3) is 0.750. The SMILES string of the molecule is CC(C)=CCN1CCC(NCC(N)=O)CC1. The summed E-state index contributed by atoms with van der Waals surface area (Å²) in [5.74, 6) is -0.271. The number of hydrogen-bond donors (Lipinski definition) is 2. The minimum absolute atomic E-state index is 0.271. The second-order valence-electron chi connectivity index (χ2n) is 4.70. The molecule has 3 N–H and O–H groups in total. The highest BCUT2D eigenvalue weighted by molar-refractivity contribution is 5.75. The first-order valence-corrected chi connectivity index (χ1v) is 5.95. The standard InChI is InChI=1S/C12H23N3O/c1-10(2)3-6-15-7-4-11(5-8-15)14-9-12(13)16/h3,11,14H,4-9H2,1-2H3,(H2,13,16). The summed E-state index contributed by atoms with van der Waals surface area (Å²) < 4.78 is 0. The molecule has 0 radical (unpaired) electrons. The number of likely N-dealkylation sites (tertiary alicyclic amines) is 1. The second-order valence-corrected chi connectivity index (χ2v) is 4.70. The Labute approximate surface area is 97.9 Å². The van der Waals surface area contributed by atoms with Crippen LogP contribution in [0, 0.1) is 0 Å². The average Bonchev–Trinajstić information content (AvgIpc) is 2.25. The Hall–Kier alpha value is -0.870. The molecule has 0 aliphatic carbocycles. The molecular formula is C12H23N3O. The van der Waals surface area contributed by atoms with Gasteiger partial charge in [0.15, 0.2) is 0 Å². The first kappa shape index (κ1) is 13.2. The minimum Gasteiger partial charge on any atom is -0.369 e. The van der Waals surface area contributed by atoms with Crippen LogP contribution in [0.4, 0.5) is 0 Å². The van der Waals surface area contributed by atoms with E-state index in [9.17, 15) is 4.79 Å². The van der Waals surface area contributed by atoms with Gasteiger partial charge >= 0.3 is 0 Å². The fourth-order valence-corrected chi connectivity index (χ4v) is 1.88. The van der Waals surface area contributed by atoms with E-state index in [0.29, 0.717) is 12.6 Å². The van der Waals surface area contributed by atoms with Crippen LogP contribution in [0.3, 0.4) is 0 Å². The monoisotopic (exact) mass is 225 g/mol. The zero-order valence-electron chi connectivity index (χ0n) is 10.3. The lowest BCUT2D eigenvalue weighted by Gasteiger charge is -2.31. The van der Waals surface area contributed by atoms with Crippen molar-refractivity contribution >= 4 is 5.91 Å². The molecule has 1 rings (SSSR count). The molecule has 0 bridgehead atoms. The predicted octanol–water partition coefficient (Wildman–Crippen LogP) is 0.492. The number of nitrogens with zero attached hydrogens (tertiary/aromatic N) is 1. The molecule has 1 aliphatic rings.